The summed E-state index contributed by atoms with van der Waals surface area (Å²) >= 11 is 1.35. The van der Waals surface area contributed by atoms with Crippen LogP contribution in [0.4, 0.5) is 0 Å². The van der Waals surface area contributed by atoms with Crippen LogP contribution in [-0.4, -0.2) is 23.0 Å². The predicted octanol–water partition coefficient (Wildman–Crippen LogP) is 2.56. The Balaban J connectivity index is 1.71. The largest absolute Gasteiger partial charge is 0.495 e. The zero-order chi connectivity index (χ0) is 13.9. The van der Waals surface area contributed by atoms with E-state index in [0.717, 1.165) is 16.9 Å². The molecule has 0 bridgehead atoms. The van der Waals surface area contributed by atoms with Gasteiger partial charge in [-0.25, -0.2) is 4.98 Å². The van der Waals surface area contributed by atoms with Gasteiger partial charge < -0.3 is 15.0 Å². The molecule has 0 spiro atoms. The first-order chi connectivity index (χ1) is 9.78. The van der Waals surface area contributed by atoms with Crippen LogP contribution in [0.5, 0.6) is 5.75 Å². The Morgan fingerprint density at radius 3 is 3.05 bits per heavy atom. The molecule has 0 fully saturated rings. The van der Waals surface area contributed by atoms with E-state index in [0.29, 0.717) is 17.2 Å². The molecule has 2 aromatic heterocycles. The summed E-state index contributed by atoms with van der Waals surface area (Å²) in [5.74, 6) is 1.17. The highest BCUT2D eigenvalue weighted by molar-refractivity contribution is 7.12. The summed E-state index contributed by atoms with van der Waals surface area (Å²) in [6.07, 6.45) is 0. The van der Waals surface area contributed by atoms with Crippen LogP contribution in [0, 0.1) is 0 Å². The predicted molar refractivity (Wildman–Crippen MR) is 78.1 cm³/mol. The van der Waals surface area contributed by atoms with Crippen molar-refractivity contribution >= 4 is 28.3 Å². The Morgan fingerprint density at radius 1 is 1.40 bits per heavy atom. The lowest BCUT2D eigenvalue weighted by Gasteiger charge is -2.03. The van der Waals surface area contributed by atoms with Gasteiger partial charge in [0.1, 0.15) is 16.5 Å². The summed E-state index contributed by atoms with van der Waals surface area (Å²) in [5.41, 5.74) is 1.86. The molecule has 1 amide bonds. The molecule has 0 radical (unpaired) electrons. The van der Waals surface area contributed by atoms with Gasteiger partial charge in [0.05, 0.1) is 24.7 Å². The van der Waals surface area contributed by atoms with Gasteiger partial charge in [-0.05, 0) is 23.6 Å². The average Bonchev–Trinajstić information content (AvgIpc) is 3.10. The van der Waals surface area contributed by atoms with Crippen molar-refractivity contribution in [3.8, 4) is 5.75 Å². The number of fused-ring (bicyclic) bond motifs is 1. The van der Waals surface area contributed by atoms with Gasteiger partial charge in [0, 0.05) is 0 Å². The number of methoxy groups -OCH3 is 1. The minimum atomic E-state index is -0.155. The molecule has 6 heteroatoms. The van der Waals surface area contributed by atoms with Crippen LogP contribution in [0.1, 0.15) is 15.5 Å². The number of imidazole rings is 1. The number of hydrogen-bond acceptors (Lipinski definition) is 4. The smallest absolute Gasteiger partial charge is 0.265 e. The summed E-state index contributed by atoms with van der Waals surface area (Å²) in [4.78, 5) is 20.2. The molecule has 0 atom stereocenters. The maximum absolute atomic E-state index is 12.1. The van der Waals surface area contributed by atoms with Crippen molar-refractivity contribution in [3.05, 3.63) is 46.4 Å². The Labute approximate surface area is 119 Å². The Kier molecular flexibility index (Phi) is 3.39. The number of aromatic nitrogens is 2. The van der Waals surface area contributed by atoms with Crippen molar-refractivity contribution in [1.29, 1.82) is 0 Å². The number of nitrogens with zero attached hydrogens (tertiary/aromatic N) is 1. The summed E-state index contributed by atoms with van der Waals surface area (Å²) in [5, 5.41) is 4.66. The van der Waals surface area contributed by atoms with Crippen LogP contribution < -0.4 is 10.1 Å². The van der Waals surface area contributed by atoms with E-state index in [4.69, 9.17) is 4.74 Å². The summed E-state index contributed by atoms with van der Waals surface area (Å²) in [7, 11) is 1.55. The fraction of sp³-hybridized carbons (Fsp3) is 0.143. The van der Waals surface area contributed by atoms with Crippen LogP contribution in [0.25, 0.3) is 11.0 Å². The third-order valence-electron chi connectivity index (χ3n) is 2.91. The van der Waals surface area contributed by atoms with Crippen molar-refractivity contribution in [3.63, 3.8) is 0 Å². The van der Waals surface area contributed by atoms with E-state index in [1.807, 2.05) is 29.6 Å². The van der Waals surface area contributed by atoms with Gasteiger partial charge in [-0.3, -0.25) is 4.79 Å². The lowest BCUT2D eigenvalue weighted by atomic mass is 10.3. The fourth-order valence-electron chi connectivity index (χ4n) is 1.96. The van der Waals surface area contributed by atoms with E-state index in [1.165, 1.54) is 11.3 Å². The van der Waals surface area contributed by atoms with Gasteiger partial charge in [-0.15, -0.1) is 11.3 Å². The van der Waals surface area contributed by atoms with Gasteiger partial charge in [0.2, 0.25) is 0 Å². The van der Waals surface area contributed by atoms with Gasteiger partial charge >= 0.3 is 0 Å². The molecular formula is C14H13N3O2S. The van der Waals surface area contributed by atoms with Crippen LogP contribution >= 0.6 is 11.3 Å². The lowest BCUT2D eigenvalue weighted by Crippen LogP contribution is -2.22. The number of benzene rings is 1. The number of hydrogen-bond donors (Lipinski definition) is 2. The van der Waals surface area contributed by atoms with Gasteiger partial charge in [-0.1, -0.05) is 12.1 Å². The van der Waals surface area contributed by atoms with Crippen molar-refractivity contribution in [2.45, 2.75) is 6.54 Å². The average molecular weight is 287 g/mol. The molecule has 20 heavy (non-hydrogen) atoms. The number of aromatic amines is 1. The quantitative estimate of drug-likeness (QED) is 0.775. The molecule has 0 aliphatic heterocycles. The minimum Gasteiger partial charge on any atom is -0.495 e. The number of rotatable bonds is 4. The molecule has 2 heterocycles. The molecule has 102 valence electrons. The number of carbonyl (C=O) groups is 1. The third-order valence-corrected chi connectivity index (χ3v) is 3.80. The van der Waals surface area contributed by atoms with Crippen molar-refractivity contribution in [2.24, 2.45) is 0 Å². The molecule has 0 saturated carbocycles. The number of nitrogens with one attached hydrogen (secondary N) is 2. The van der Waals surface area contributed by atoms with Crippen LogP contribution in [-0.2, 0) is 6.54 Å². The first kappa shape index (κ1) is 12.7. The molecule has 2 N–H and O–H groups in total. The zero-order valence-electron chi connectivity index (χ0n) is 10.8. The number of carbonyl (C=O) groups excluding carboxylic acids is 1. The van der Waals surface area contributed by atoms with Gasteiger partial charge in [0.25, 0.3) is 5.91 Å². The number of thiophene rings is 1. The Bertz CT molecular complexity index is 715. The third kappa shape index (κ3) is 2.37. The van der Waals surface area contributed by atoms with E-state index in [9.17, 15) is 4.79 Å². The Morgan fingerprint density at radius 2 is 2.25 bits per heavy atom. The van der Waals surface area contributed by atoms with Crippen molar-refractivity contribution < 1.29 is 9.53 Å². The zero-order valence-corrected chi connectivity index (χ0v) is 11.7. The van der Waals surface area contributed by atoms with E-state index >= 15 is 0 Å². The first-order valence-electron chi connectivity index (χ1n) is 6.11. The van der Waals surface area contributed by atoms with Crippen LogP contribution in [0.2, 0.25) is 0 Å². The summed E-state index contributed by atoms with van der Waals surface area (Å²) in [6, 6.07) is 9.54. The molecule has 0 unspecified atom stereocenters. The van der Waals surface area contributed by atoms with Crippen LogP contribution in [0.15, 0.2) is 35.7 Å². The Hall–Kier alpha value is -2.34. The van der Waals surface area contributed by atoms with E-state index < -0.39 is 0 Å². The fourth-order valence-corrected chi connectivity index (χ4v) is 2.73. The van der Waals surface area contributed by atoms with E-state index in [2.05, 4.69) is 15.3 Å². The SMILES string of the molecule is COc1ccsc1C(=O)NCc1nc2ccccc2[nH]1. The lowest BCUT2D eigenvalue weighted by molar-refractivity contribution is 0.0951. The molecule has 3 aromatic rings. The van der Waals surface area contributed by atoms with Gasteiger partial charge in [-0.2, -0.15) is 0 Å². The second-order valence-electron chi connectivity index (χ2n) is 4.20. The second kappa shape index (κ2) is 5.34. The van der Waals surface area contributed by atoms with Gasteiger partial charge in [0.15, 0.2) is 0 Å². The number of amides is 1. The monoisotopic (exact) mass is 287 g/mol. The number of ether oxygens (including phenoxy) is 1. The summed E-state index contributed by atoms with van der Waals surface area (Å²) < 4.78 is 5.13. The minimum absolute atomic E-state index is 0.155. The molecule has 3 rings (SSSR count). The highest BCUT2D eigenvalue weighted by atomic mass is 32.1. The maximum Gasteiger partial charge on any atom is 0.265 e. The molecule has 0 aliphatic rings. The van der Waals surface area contributed by atoms with E-state index in [-0.39, 0.29) is 5.91 Å². The highest BCUT2D eigenvalue weighted by Crippen LogP contribution is 2.24. The van der Waals surface area contributed by atoms with Crippen molar-refractivity contribution in [1.82, 2.24) is 15.3 Å². The normalized spacial score (nSPS) is 10.7. The number of H-pyrrole nitrogens is 1. The molecular weight excluding hydrogens is 274 g/mol. The van der Waals surface area contributed by atoms with E-state index in [1.54, 1.807) is 13.2 Å². The molecule has 1 aromatic carbocycles. The number of para-hydroxylation sites is 2. The topological polar surface area (TPSA) is 67.0 Å². The first-order valence-corrected chi connectivity index (χ1v) is 6.99. The van der Waals surface area contributed by atoms with Crippen molar-refractivity contribution in [2.75, 3.05) is 7.11 Å². The van der Waals surface area contributed by atoms with Crippen LogP contribution in [0.3, 0.4) is 0 Å². The highest BCUT2D eigenvalue weighted by Gasteiger charge is 2.14. The summed E-state index contributed by atoms with van der Waals surface area (Å²) in [6.45, 7) is 0.356. The standard InChI is InChI=1S/C14H13N3O2S/c1-19-11-6-7-20-13(11)14(18)15-8-12-16-9-4-2-3-5-10(9)17-12/h2-7H,8H2,1H3,(H,15,18)(H,16,17). The second-order valence-corrected chi connectivity index (χ2v) is 5.12. The maximum atomic E-state index is 12.1. The molecule has 0 saturated heterocycles. The molecule has 0 aliphatic carbocycles. The molecule has 5 nitrogen and oxygen atoms in total.